The molecule has 1 atom stereocenters. The summed E-state index contributed by atoms with van der Waals surface area (Å²) in [7, 11) is 0. The number of halogens is 1. The van der Waals surface area contributed by atoms with Gasteiger partial charge in [-0.05, 0) is 60.0 Å². The third-order valence-corrected chi connectivity index (χ3v) is 7.21. The minimum Gasteiger partial charge on any atom is -0.507 e. The normalized spacial score (nSPS) is 14.2. The number of phenols is 1. The molecule has 0 spiro atoms. The average molecular weight is 567 g/mol. The van der Waals surface area contributed by atoms with E-state index in [1.165, 1.54) is 6.07 Å². The molecule has 2 aromatic heterocycles. The predicted octanol–water partition coefficient (Wildman–Crippen LogP) is 6.55. The van der Waals surface area contributed by atoms with Crippen LogP contribution in [0.15, 0.2) is 91.3 Å². The lowest BCUT2D eigenvalue weighted by atomic mass is 9.95. The van der Waals surface area contributed by atoms with Crippen molar-refractivity contribution in [2.75, 3.05) is 6.61 Å². The van der Waals surface area contributed by atoms with E-state index in [4.69, 9.17) is 21.1 Å². The van der Waals surface area contributed by atoms with E-state index in [-0.39, 0.29) is 11.7 Å². The van der Waals surface area contributed by atoms with Crippen LogP contribution in [0.5, 0.6) is 17.2 Å². The number of carbonyl (C=O) groups is 1. The number of hydrogen-bond acceptors (Lipinski definition) is 6. The van der Waals surface area contributed by atoms with E-state index in [9.17, 15) is 9.90 Å². The minimum absolute atomic E-state index is 0.0141. The molecule has 206 valence electrons. The summed E-state index contributed by atoms with van der Waals surface area (Å²) >= 11 is 6.29. The first-order valence-electron chi connectivity index (χ1n) is 13.2. The summed E-state index contributed by atoms with van der Waals surface area (Å²) in [6.07, 6.45) is 3.44. The van der Waals surface area contributed by atoms with Gasteiger partial charge >= 0.3 is 0 Å². The summed E-state index contributed by atoms with van der Waals surface area (Å²) in [6, 6.07) is 23.6. The number of nitrogens with one attached hydrogen (secondary N) is 1. The van der Waals surface area contributed by atoms with Crippen molar-refractivity contribution in [2.45, 2.75) is 26.1 Å². The fourth-order valence-corrected chi connectivity index (χ4v) is 5.29. The van der Waals surface area contributed by atoms with Crippen LogP contribution in [0.4, 0.5) is 0 Å². The van der Waals surface area contributed by atoms with Crippen LogP contribution in [0.1, 0.15) is 45.7 Å². The van der Waals surface area contributed by atoms with Crippen LogP contribution in [-0.4, -0.2) is 37.7 Å². The Balaban J connectivity index is 1.44. The number of ether oxygens (including phenoxy) is 2. The standard InChI is InChI=1S/C32H27ClN4O4/c1-2-40-27-15-22(10-13-26(27)41-19-20-7-4-3-5-8-20)31-28-29(24-16-23(33)11-12-25(24)38)35-36-30(28)32(39)37(31)18-21-9-6-14-34-17-21/h3-17,31,38H,2,18-19H2,1H3,(H,35,36). The second-order valence-electron chi connectivity index (χ2n) is 9.63. The maximum atomic E-state index is 13.8. The molecule has 0 radical (unpaired) electrons. The third kappa shape index (κ3) is 5.21. The molecule has 0 saturated heterocycles. The Morgan fingerprint density at radius 2 is 1.80 bits per heavy atom. The number of hydrogen-bond donors (Lipinski definition) is 2. The molecular formula is C32H27ClN4O4. The maximum absolute atomic E-state index is 13.8. The number of carbonyl (C=O) groups excluding carboxylic acids is 1. The first kappa shape index (κ1) is 26.4. The zero-order valence-corrected chi connectivity index (χ0v) is 23.0. The molecule has 0 fully saturated rings. The summed E-state index contributed by atoms with van der Waals surface area (Å²) in [5.41, 5.74) is 4.62. The quantitative estimate of drug-likeness (QED) is 0.210. The highest BCUT2D eigenvalue weighted by atomic mass is 35.5. The lowest BCUT2D eigenvalue weighted by Crippen LogP contribution is -2.29. The molecule has 8 nitrogen and oxygen atoms in total. The topological polar surface area (TPSA) is 101 Å². The van der Waals surface area contributed by atoms with Gasteiger partial charge in [0.1, 0.15) is 23.7 Å². The van der Waals surface area contributed by atoms with Crippen molar-refractivity contribution in [2.24, 2.45) is 0 Å². The van der Waals surface area contributed by atoms with Crippen LogP contribution in [0.25, 0.3) is 11.3 Å². The number of benzene rings is 3. The van der Waals surface area contributed by atoms with E-state index in [2.05, 4.69) is 15.2 Å². The van der Waals surface area contributed by atoms with E-state index in [0.29, 0.717) is 58.8 Å². The Hall–Kier alpha value is -4.82. The lowest BCUT2D eigenvalue weighted by Gasteiger charge is -2.27. The van der Waals surface area contributed by atoms with Gasteiger partial charge in [-0.15, -0.1) is 0 Å². The van der Waals surface area contributed by atoms with Gasteiger partial charge in [0, 0.05) is 35.1 Å². The van der Waals surface area contributed by atoms with E-state index >= 15 is 0 Å². The van der Waals surface area contributed by atoms with Gasteiger partial charge in [0.05, 0.1) is 12.6 Å². The molecule has 1 aliphatic heterocycles. The number of phenolic OH excluding ortho intramolecular Hbond substituents is 1. The number of pyridine rings is 1. The van der Waals surface area contributed by atoms with Gasteiger partial charge < -0.3 is 19.5 Å². The highest BCUT2D eigenvalue weighted by molar-refractivity contribution is 6.31. The van der Waals surface area contributed by atoms with Crippen molar-refractivity contribution in [1.82, 2.24) is 20.1 Å². The summed E-state index contributed by atoms with van der Waals surface area (Å²) in [5.74, 6) is 0.971. The van der Waals surface area contributed by atoms with Crippen molar-refractivity contribution in [3.63, 3.8) is 0 Å². The first-order valence-corrected chi connectivity index (χ1v) is 13.6. The van der Waals surface area contributed by atoms with Crippen LogP contribution in [0, 0.1) is 0 Å². The molecule has 2 N–H and O–H groups in total. The molecule has 9 heteroatoms. The Bertz CT molecular complexity index is 1690. The molecule has 3 heterocycles. The average Bonchev–Trinajstić information content (AvgIpc) is 3.53. The summed E-state index contributed by atoms with van der Waals surface area (Å²) in [6.45, 7) is 3.05. The molecule has 6 rings (SSSR count). The van der Waals surface area contributed by atoms with Crippen LogP contribution >= 0.6 is 11.6 Å². The smallest absolute Gasteiger partial charge is 0.273 e. The van der Waals surface area contributed by atoms with Gasteiger partial charge in [-0.1, -0.05) is 54.1 Å². The maximum Gasteiger partial charge on any atom is 0.273 e. The van der Waals surface area contributed by atoms with Crippen molar-refractivity contribution < 1.29 is 19.4 Å². The number of aromatic amines is 1. The van der Waals surface area contributed by atoms with Crippen LogP contribution in [0.2, 0.25) is 5.02 Å². The zero-order chi connectivity index (χ0) is 28.3. The molecule has 1 unspecified atom stereocenters. The van der Waals surface area contributed by atoms with Crippen molar-refractivity contribution in [1.29, 1.82) is 0 Å². The van der Waals surface area contributed by atoms with Gasteiger partial charge in [0.2, 0.25) is 0 Å². The van der Waals surface area contributed by atoms with Crippen molar-refractivity contribution in [3.05, 3.63) is 124 Å². The second-order valence-corrected chi connectivity index (χ2v) is 10.1. The SMILES string of the molecule is CCOc1cc(C2c3c(-c4cc(Cl)ccc4O)n[nH]c3C(=O)N2Cc2cccnc2)ccc1OCc1ccccc1. The Morgan fingerprint density at radius 3 is 2.59 bits per heavy atom. The molecule has 5 aromatic rings. The second kappa shape index (κ2) is 11.3. The minimum atomic E-state index is -0.535. The summed E-state index contributed by atoms with van der Waals surface area (Å²) in [4.78, 5) is 19.8. The monoisotopic (exact) mass is 566 g/mol. The molecule has 0 saturated carbocycles. The van der Waals surface area contributed by atoms with Gasteiger partial charge in [-0.25, -0.2) is 0 Å². The highest BCUT2D eigenvalue weighted by Crippen LogP contribution is 2.47. The summed E-state index contributed by atoms with van der Waals surface area (Å²) < 4.78 is 12.1. The van der Waals surface area contributed by atoms with Gasteiger partial charge in [-0.2, -0.15) is 5.10 Å². The Labute approximate surface area is 242 Å². The zero-order valence-electron chi connectivity index (χ0n) is 22.3. The third-order valence-electron chi connectivity index (χ3n) is 6.97. The van der Waals surface area contributed by atoms with Gasteiger partial charge in [0.15, 0.2) is 11.5 Å². The van der Waals surface area contributed by atoms with Gasteiger partial charge in [-0.3, -0.25) is 14.9 Å². The van der Waals surface area contributed by atoms with Crippen LogP contribution in [0.3, 0.4) is 0 Å². The number of nitrogens with zero attached hydrogens (tertiary/aromatic N) is 3. The fourth-order valence-electron chi connectivity index (χ4n) is 5.12. The van der Waals surface area contributed by atoms with E-state index in [1.807, 2.05) is 67.6 Å². The molecule has 3 aromatic carbocycles. The number of amides is 1. The predicted molar refractivity (Wildman–Crippen MR) is 155 cm³/mol. The number of H-pyrrole nitrogens is 1. The summed E-state index contributed by atoms with van der Waals surface area (Å²) in [5, 5.41) is 18.5. The number of aromatic hydroxyl groups is 1. The lowest BCUT2D eigenvalue weighted by molar-refractivity contribution is 0.0729. The molecule has 0 bridgehead atoms. The Kier molecular flexibility index (Phi) is 7.31. The van der Waals surface area contributed by atoms with E-state index in [1.54, 1.807) is 29.4 Å². The number of aromatic nitrogens is 3. The largest absolute Gasteiger partial charge is 0.507 e. The molecule has 1 amide bonds. The number of rotatable bonds is 9. The number of fused-ring (bicyclic) bond motifs is 1. The first-order chi connectivity index (χ1) is 20.0. The Morgan fingerprint density at radius 1 is 0.976 bits per heavy atom. The molecule has 41 heavy (non-hydrogen) atoms. The van der Waals surface area contributed by atoms with Crippen molar-refractivity contribution in [3.8, 4) is 28.5 Å². The fraction of sp³-hybridized carbons (Fsp3) is 0.156. The molecular weight excluding hydrogens is 540 g/mol. The molecule has 1 aliphatic rings. The van der Waals surface area contributed by atoms with E-state index in [0.717, 1.165) is 16.7 Å². The van der Waals surface area contributed by atoms with E-state index < -0.39 is 6.04 Å². The van der Waals surface area contributed by atoms with Crippen LogP contribution in [-0.2, 0) is 13.2 Å². The van der Waals surface area contributed by atoms with Gasteiger partial charge in [0.25, 0.3) is 5.91 Å². The highest BCUT2D eigenvalue weighted by Gasteiger charge is 2.43. The van der Waals surface area contributed by atoms with Crippen LogP contribution < -0.4 is 9.47 Å². The molecule has 0 aliphatic carbocycles. The van der Waals surface area contributed by atoms with Crippen molar-refractivity contribution >= 4 is 17.5 Å².